The third-order valence-corrected chi connectivity index (χ3v) is 1.25. The van der Waals surface area contributed by atoms with Crippen LogP contribution in [0.3, 0.4) is 0 Å². The third-order valence-electron chi connectivity index (χ3n) is 1.25. The normalized spacial score (nSPS) is 9.55. The zero-order valence-electron chi connectivity index (χ0n) is 5.60. The number of hydrogen-bond donors (Lipinski definition) is 1. The van der Waals surface area contributed by atoms with Gasteiger partial charge in [0.2, 0.25) is 0 Å². The molecule has 0 aliphatic heterocycles. The molecule has 0 aliphatic carbocycles. The first-order chi connectivity index (χ1) is 5.24. The quantitative estimate of drug-likeness (QED) is 0.515. The van der Waals surface area contributed by atoms with E-state index in [-0.39, 0.29) is 5.69 Å². The van der Waals surface area contributed by atoms with Crippen LogP contribution >= 0.6 is 0 Å². The summed E-state index contributed by atoms with van der Waals surface area (Å²) in [5, 5.41) is 18.6. The molecule has 0 heterocycles. The van der Waals surface area contributed by atoms with Gasteiger partial charge in [0.25, 0.3) is 5.69 Å². The summed E-state index contributed by atoms with van der Waals surface area (Å²) >= 11 is 0. The minimum atomic E-state index is -0.485. The number of non-ortho nitro benzene ring substituents is 1. The highest BCUT2D eigenvalue weighted by Gasteiger charge is 2.02. The van der Waals surface area contributed by atoms with Crippen molar-refractivity contribution < 1.29 is 10.0 Å². The molecule has 1 aromatic rings. The second-order valence-corrected chi connectivity index (χ2v) is 1.98. The van der Waals surface area contributed by atoms with Gasteiger partial charge in [0.15, 0.2) is 0 Å². The number of aliphatic hydroxyl groups is 1. The van der Waals surface area contributed by atoms with E-state index in [9.17, 15) is 10.1 Å². The van der Waals surface area contributed by atoms with Crippen molar-refractivity contribution in [1.82, 2.24) is 0 Å². The van der Waals surface area contributed by atoms with E-state index in [1.807, 2.05) is 0 Å². The highest BCUT2D eigenvalue weighted by atomic mass is 16.6. The van der Waals surface area contributed by atoms with Gasteiger partial charge in [0.1, 0.15) is 6.61 Å². The molecule has 4 heteroatoms. The smallest absolute Gasteiger partial charge is 0.269 e. The summed E-state index contributed by atoms with van der Waals surface area (Å²) in [5.41, 5.74) is 0.575. The van der Waals surface area contributed by atoms with Gasteiger partial charge in [0.05, 0.1) is 4.92 Å². The second kappa shape index (κ2) is 3.12. The fourth-order valence-electron chi connectivity index (χ4n) is 0.682. The zero-order chi connectivity index (χ0) is 8.27. The first-order valence-electron chi connectivity index (χ1n) is 2.96. The van der Waals surface area contributed by atoms with E-state index in [4.69, 9.17) is 5.11 Å². The van der Waals surface area contributed by atoms with E-state index < -0.39 is 4.92 Å². The van der Waals surface area contributed by atoms with Crippen LogP contribution in [0, 0.1) is 16.7 Å². The molecule has 0 bridgehead atoms. The van der Waals surface area contributed by atoms with Gasteiger partial charge in [-0.1, -0.05) is 0 Å². The minimum Gasteiger partial charge on any atom is -0.385 e. The maximum atomic E-state index is 10.1. The monoisotopic (exact) mass is 152 g/mol. The average molecular weight is 152 g/mol. The summed E-state index contributed by atoms with van der Waals surface area (Å²) in [4.78, 5) is 9.65. The maximum Gasteiger partial charge on any atom is 0.269 e. The van der Waals surface area contributed by atoms with Crippen LogP contribution in [0.25, 0.3) is 0 Å². The maximum absolute atomic E-state index is 10.1. The highest BCUT2D eigenvalue weighted by Crippen LogP contribution is 2.11. The first kappa shape index (κ1) is 7.68. The van der Waals surface area contributed by atoms with Crippen molar-refractivity contribution in [3.8, 4) is 0 Å². The zero-order valence-corrected chi connectivity index (χ0v) is 5.60. The Hall–Kier alpha value is -1.42. The van der Waals surface area contributed by atoms with Gasteiger partial charge >= 0.3 is 0 Å². The summed E-state index contributed by atoms with van der Waals surface area (Å²) in [6.07, 6.45) is 0. The lowest BCUT2D eigenvalue weighted by molar-refractivity contribution is -0.384. The van der Waals surface area contributed by atoms with Gasteiger partial charge < -0.3 is 5.11 Å². The van der Waals surface area contributed by atoms with Crippen molar-refractivity contribution in [1.29, 1.82) is 0 Å². The fraction of sp³-hybridized carbons (Fsp3) is 0. The van der Waals surface area contributed by atoms with Gasteiger partial charge in [-0.05, 0) is 17.7 Å². The van der Waals surface area contributed by atoms with Crippen LogP contribution in [0.4, 0.5) is 5.69 Å². The van der Waals surface area contributed by atoms with Gasteiger partial charge in [-0.15, -0.1) is 0 Å². The van der Waals surface area contributed by atoms with Crippen LogP contribution in [0.2, 0.25) is 0 Å². The molecule has 0 saturated heterocycles. The van der Waals surface area contributed by atoms with E-state index in [1.54, 1.807) is 0 Å². The molecule has 0 fully saturated rings. The number of benzene rings is 1. The Labute approximate surface area is 63.2 Å². The largest absolute Gasteiger partial charge is 0.385 e. The second-order valence-electron chi connectivity index (χ2n) is 1.98. The van der Waals surface area contributed by atoms with Crippen molar-refractivity contribution in [2.45, 2.75) is 0 Å². The predicted molar refractivity (Wildman–Crippen MR) is 38.4 cm³/mol. The van der Waals surface area contributed by atoms with Crippen LogP contribution in [-0.4, -0.2) is 10.0 Å². The van der Waals surface area contributed by atoms with E-state index in [1.165, 1.54) is 24.3 Å². The molecular weight excluding hydrogens is 146 g/mol. The van der Waals surface area contributed by atoms with Crippen molar-refractivity contribution in [3.63, 3.8) is 0 Å². The topological polar surface area (TPSA) is 63.4 Å². The Morgan fingerprint density at radius 2 is 1.91 bits per heavy atom. The highest BCUT2D eigenvalue weighted by molar-refractivity contribution is 5.34. The van der Waals surface area contributed by atoms with E-state index >= 15 is 0 Å². The molecule has 0 aliphatic rings. The van der Waals surface area contributed by atoms with Crippen LogP contribution in [0.5, 0.6) is 0 Å². The Kier molecular flexibility index (Phi) is 2.18. The predicted octanol–water partition coefficient (Wildman–Crippen LogP) is 1.48. The van der Waals surface area contributed by atoms with Crippen molar-refractivity contribution in [3.05, 3.63) is 46.6 Å². The molecule has 0 spiro atoms. The van der Waals surface area contributed by atoms with Gasteiger partial charge in [-0.25, -0.2) is 0 Å². The van der Waals surface area contributed by atoms with Gasteiger partial charge in [-0.2, -0.15) is 0 Å². The number of rotatable bonds is 2. The summed E-state index contributed by atoms with van der Waals surface area (Å²) < 4.78 is 0. The van der Waals surface area contributed by atoms with Crippen LogP contribution < -0.4 is 0 Å². The standard InChI is InChI=1S/C7H6NO3/c9-5-6-1-3-7(4-2-6)8(10)11/h1-5,9H. The lowest BCUT2D eigenvalue weighted by Gasteiger charge is -1.92. The number of hydrogen-bond acceptors (Lipinski definition) is 3. The SMILES string of the molecule is O=[N+]([O-])c1ccc([CH]O)cc1. The van der Waals surface area contributed by atoms with Crippen molar-refractivity contribution >= 4 is 5.69 Å². The van der Waals surface area contributed by atoms with Gasteiger partial charge in [-0.3, -0.25) is 10.1 Å². The number of nitro benzene ring substituents is 1. The van der Waals surface area contributed by atoms with Crippen molar-refractivity contribution in [2.75, 3.05) is 0 Å². The molecule has 0 atom stereocenters. The third kappa shape index (κ3) is 1.75. The van der Waals surface area contributed by atoms with E-state index in [2.05, 4.69) is 0 Å². The number of aliphatic hydroxyl groups excluding tert-OH is 1. The van der Waals surface area contributed by atoms with Crippen molar-refractivity contribution in [2.24, 2.45) is 0 Å². The Bertz CT molecular complexity index is 255. The average Bonchev–Trinajstić information content (AvgIpc) is 2.05. The molecule has 11 heavy (non-hydrogen) atoms. The van der Waals surface area contributed by atoms with Crippen LogP contribution in [0.1, 0.15) is 5.56 Å². The van der Waals surface area contributed by atoms with Crippen LogP contribution in [-0.2, 0) is 0 Å². The molecule has 0 unspecified atom stereocenters. The molecule has 4 nitrogen and oxygen atoms in total. The Morgan fingerprint density at radius 1 is 1.36 bits per heavy atom. The summed E-state index contributed by atoms with van der Waals surface area (Å²) in [6, 6.07) is 5.61. The summed E-state index contributed by atoms with van der Waals surface area (Å²) in [7, 11) is 0. The lowest BCUT2D eigenvalue weighted by atomic mass is 10.2. The molecule has 1 rings (SSSR count). The summed E-state index contributed by atoms with van der Waals surface area (Å²) in [6.45, 7) is 0.893. The number of nitro groups is 1. The Balaban J connectivity index is 2.91. The van der Waals surface area contributed by atoms with E-state index in [0.29, 0.717) is 5.56 Å². The van der Waals surface area contributed by atoms with E-state index in [0.717, 1.165) is 6.61 Å². The molecule has 1 radical (unpaired) electrons. The minimum absolute atomic E-state index is 0.0237. The molecule has 0 saturated carbocycles. The fourth-order valence-corrected chi connectivity index (χ4v) is 0.682. The molecular formula is C7H6NO3. The molecule has 1 aromatic carbocycles. The molecule has 0 aromatic heterocycles. The first-order valence-corrected chi connectivity index (χ1v) is 2.96. The summed E-state index contributed by atoms with van der Waals surface area (Å²) in [5.74, 6) is 0. The molecule has 1 N–H and O–H groups in total. The van der Waals surface area contributed by atoms with Gasteiger partial charge in [0, 0.05) is 12.1 Å². The molecule has 0 amide bonds. The molecule has 57 valence electrons. The Morgan fingerprint density at radius 3 is 2.27 bits per heavy atom. The lowest BCUT2D eigenvalue weighted by Crippen LogP contribution is -1.87. The number of nitrogens with zero attached hydrogens (tertiary/aromatic N) is 1. The van der Waals surface area contributed by atoms with Crippen LogP contribution in [0.15, 0.2) is 24.3 Å².